The average molecular weight is 594 g/mol. The Hall–Kier alpha value is -4.60. The Morgan fingerprint density at radius 1 is 0.932 bits per heavy atom. The van der Waals surface area contributed by atoms with Crippen molar-refractivity contribution in [3.8, 4) is 11.3 Å². The van der Waals surface area contributed by atoms with Crippen LogP contribution in [0.4, 0.5) is 17.2 Å². The third-order valence-electron chi connectivity index (χ3n) is 7.88. The number of hydrogen-bond donors (Lipinski definition) is 2. The third-order valence-corrected chi connectivity index (χ3v) is 7.88. The topological polar surface area (TPSA) is 106 Å². The highest BCUT2D eigenvalue weighted by Gasteiger charge is 2.18. The number of carbonyl (C=O) groups excluding carboxylic acids is 2. The lowest BCUT2D eigenvalue weighted by molar-refractivity contribution is 0.0371. The molecule has 0 atom stereocenters. The predicted molar refractivity (Wildman–Crippen MR) is 174 cm³/mol. The van der Waals surface area contributed by atoms with Crippen molar-refractivity contribution in [2.45, 2.75) is 33.1 Å². The van der Waals surface area contributed by atoms with Crippen molar-refractivity contribution < 1.29 is 14.3 Å². The minimum absolute atomic E-state index is 0.00202. The van der Waals surface area contributed by atoms with E-state index in [4.69, 9.17) is 4.74 Å². The minimum atomic E-state index is -0.290. The summed E-state index contributed by atoms with van der Waals surface area (Å²) in [5, 5.41) is 6.15. The van der Waals surface area contributed by atoms with Gasteiger partial charge in [-0.05, 0) is 65.9 Å². The predicted octanol–water partition coefficient (Wildman–Crippen LogP) is 5.56. The molecule has 9 heteroatoms. The molecule has 0 radical (unpaired) electrons. The van der Waals surface area contributed by atoms with Crippen molar-refractivity contribution in [3.63, 3.8) is 0 Å². The maximum absolute atomic E-state index is 13.1. The quantitative estimate of drug-likeness (QED) is 0.258. The van der Waals surface area contributed by atoms with Crippen LogP contribution >= 0.6 is 0 Å². The molecule has 1 aliphatic rings. The van der Waals surface area contributed by atoms with E-state index in [2.05, 4.69) is 41.3 Å². The van der Waals surface area contributed by atoms with Gasteiger partial charge in [0.15, 0.2) is 11.6 Å². The first-order chi connectivity index (χ1) is 21.0. The lowest BCUT2D eigenvalue weighted by atomic mass is 9.86. The van der Waals surface area contributed by atoms with E-state index in [9.17, 15) is 14.4 Å². The summed E-state index contributed by atoms with van der Waals surface area (Å²) < 4.78 is 6.84. The Balaban J connectivity index is 1.33. The fourth-order valence-corrected chi connectivity index (χ4v) is 5.11. The van der Waals surface area contributed by atoms with Crippen LogP contribution < -0.4 is 16.2 Å². The van der Waals surface area contributed by atoms with Crippen LogP contribution in [0.5, 0.6) is 0 Å². The van der Waals surface area contributed by atoms with Crippen LogP contribution in [-0.2, 0) is 17.2 Å². The Labute approximate surface area is 257 Å². The van der Waals surface area contributed by atoms with E-state index in [0.717, 1.165) is 29.8 Å². The van der Waals surface area contributed by atoms with Gasteiger partial charge in [0.25, 0.3) is 11.5 Å². The van der Waals surface area contributed by atoms with Crippen LogP contribution in [-0.4, -0.2) is 59.0 Å². The van der Waals surface area contributed by atoms with E-state index in [1.807, 2.05) is 49.4 Å². The highest BCUT2D eigenvalue weighted by Crippen LogP contribution is 2.29. The molecule has 0 aliphatic carbocycles. The Kier molecular flexibility index (Phi) is 9.08. The van der Waals surface area contributed by atoms with Gasteiger partial charge in [0, 0.05) is 54.4 Å². The minimum Gasteiger partial charge on any atom is -0.379 e. The van der Waals surface area contributed by atoms with Gasteiger partial charge in [-0.1, -0.05) is 45.0 Å². The van der Waals surface area contributed by atoms with Crippen LogP contribution in [0.3, 0.4) is 0 Å². The number of amides is 1. The van der Waals surface area contributed by atoms with E-state index < -0.39 is 0 Å². The molecule has 0 bridgehead atoms. The fraction of sp³-hybridized carbons (Fsp3) is 0.314. The third kappa shape index (κ3) is 7.12. The molecule has 2 N–H and O–H groups in total. The molecule has 3 aromatic carbocycles. The number of aromatic nitrogens is 2. The number of carbonyl (C=O) groups is 2. The molecular formula is C35H39N5O4. The molecule has 0 saturated carbocycles. The van der Waals surface area contributed by atoms with Crippen LogP contribution in [0.2, 0.25) is 0 Å². The van der Waals surface area contributed by atoms with E-state index in [1.54, 1.807) is 37.5 Å². The van der Waals surface area contributed by atoms with Gasteiger partial charge in [0.2, 0.25) is 0 Å². The fourth-order valence-electron chi connectivity index (χ4n) is 5.11. The van der Waals surface area contributed by atoms with Gasteiger partial charge in [-0.15, -0.1) is 0 Å². The highest BCUT2D eigenvalue weighted by atomic mass is 16.5. The molecule has 1 aromatic heterocycles. The van der Waals surface area contributed by atoms with Crippen molar-refractivity contribution in [1.82, 2.24) is 14.5 Å². The smallest absolute Gasteiger partial charge is 0.293 e. The summed E-state index contributed by atoms with van der Waals surface area (Å²) in [5.41, 5.74) is 5.55. The second kappa shape index (κ2) is 13.0. The second-order valence-corrected chi connectivity index (χ2v) is 12.2. The number of nitrogens with one attached hydrogen (secondary N) is 2. The van der Waals surface area contributed by atoms with Gasteiger partial charge in [0.05, 0.1) is 25.5 Å². The maximum atomic E-state index is 13.1. The van der Waals surface area contributed by atoms with Crippen molar-refractivity contribution in [3.05, 3.63) is 106 Å². The summed E-state index contributed by atoms with van der Waals surface area (Å²) in [6.45, 7) is 11.5. The summed E-state index contributed by atoms with van der Waals surface area (Å²) in [6.07, 6.45) is 1.68. The van der Waals surface area contributed by atoms with Gasteiger partial charge < -0.3 is 19.9 Å². The molecule has 2 heterocycles. The van der Waals surface area contributed by atoms with Crippen molar-refractivity contribution in [1.29, 1.82) is 0 Å². The van der Waals surface area contributed by atoms with Crippen molar-refractivity contribution >= 4 is 28.9 Å². The van der Waals surface area contributed by atoms with Crippen molar-refractivity contribution in [2.24, 2.45) is 7.05 Å². The number of aryl methyl sites for hydroxylation is 1. The molecule has 228 valence electrons. The zero-order valence-electron chi connectivity index (χ0n) is 25.9. The SMILES string of the molecule is Cc1c(NC(=O)c2ccc(C(C)(C)C)cc2)cccc1-c1cn(C)c(=O)c(Nc2ccc(C(=O)CN3CCOCC3)cc2)n1. The number of ether oxygens (including phenoxy) is 1. The number of rotatable bonds is 8. The molecule has 5 rings (SSSR count). The molecule has 1 saturated heterocycles. The normalized spacial score (nSPS) is 13.8. The number of anilines is 3. The molecule has 0 spiro atoms. The first-order valence-corrected chi connectivity index (χ1v) is 14.8. The first-order valence-electron chi connectivity index (χ1n) is 14.8. The number of Topliss-reactive ketones (excluding diaryl/α,β-unsaturated/α-hetero) is 1. The first kappa shape index (κ1) is 30.8. The second-order valence-electron chi connectivity index (χ2n) is 12.2. The van der Waals surface area contributed by atoms with Crippen LogP contribution in [0.1, 0.15) is 52.6 Å². The average Bonchev–Trinajstić information content (AvgIpc) is 3.01. The molecule has 44 heavy (non-hydrogen) atoms. The van der Waals surface area contributed by atoms with E-state index in [0.29, 0.717) is 48.0 Å². The number of morpholine rings is 1. The number of benzene rings is 3. The van der Waals surface area contributed by atoms with Crippen LogP contribution in [0, 0.1) is 6.92 Å². The Morgan fingerprint density at radius 3 is 2.25 bits per heavy atom. The molecule has 1 fully saturated rings. The van der Waals surface area contributed by atoms with Crippen molar-refractivity contribution in [2.75, 3.05) is 43.5 Å². The van der Waals surface area contributed by atoms with Gasteiger partial charge in [-0.3, -0.25) is 19.3 Å². The van der Waals surface area contributed by atoms with E-state index in [-0.39, 0.29) is 28.5 Å². The largest absolute Gasteiger partial charge is 0.379 e. The van der Waals surface area contributed by atoms with Crippen LogP contribution in [0.15, 0.2) is 77.7 Å². The number of hydrogen-bond acceptors (Lipinski definition) is 7. The molecular weight excluding hydrogens is 554 g/mol. The lowest BCUT2D eigenvalue weighted by Gasteiger charge is -2.25. The van der Waals surface area contributed by atoms with Gasteiger partial charge in [-0.25, -0.2) is 4.98 Å². The summed E-state index contributed by atoms with van der Waals surface area (Å²) in [7, 11) is 1.67. The monoisotopic (exact) mass is 593 g/mol. The molecule has 4 aromatic rings. The highest BCUT2D eigenvalue weighted by molar-refractivity contribution is 6.05. The maximum Gasteiger partial charge on any atom is 0.293 e. The molecule has 1 amide bonds. The van der Waals surface area contributed by atoms with E-state index in [1.165, 1.54) is 4.57 Å². The van der Waals surface area contributed by atoms with E-state index >= 15 is 0 Å². The zero-order chi connectivity index (χ0) is 31.4. The standard InChI is InChI=1S/C35H39N5O4/c1-23-28(7-6-8-29(23)38-33(42)25-9-13-26(14-10-25)35(2,3)4)30-21-39(5)34(43)32(37-30)36-27-15-11-24(12-16-27)31(41)22-40-17-19-44-20-18-40/h6-16,21H,17-20,22H2,1-5H3,(H,36,37)(H,38,42). The van der Waals surface area contributed by atoms with Gasteiger partial charge in [-0.2, -0.15) is 0 Å². The number of nitrogens with zero attached hydrogens (tertiary/aromatic N) is 3. The summed E-state index contributed by atoms with van der Waals surface area (Å²) in [6, 6.07) is 20.3. The summed E-state index contributed by atoms with van der Waals surface area (Å²) >= 11 is 0. The zero-order valence-corrected chi connectivity index (χ0v) is 25.9. The molecule has 0 unspecified atom stereocenters. The number of ketones is 1. The Morgan fingerprint density at radius 2 is 1.59 bits per heavy atom. The summed E-state index contributed by atoms with van der Waals surface area (Å²) in [4.78, 5) is 45.6. The molecule has 1 aliphatic heterocycles. The Bertz CT molecular complexity index is 1710. The summed E-state index contributed by atoms with van der Waals surface area (Å²) in [5.74, 6) is -0.00242. The van der Waals surface area contributed by atoms with Gasteiger partial charge >= 0.3 is 0 Å². The lowest BCUT2D eigenvalue weighted by Crippen LogP contribution is -2.39. The molecule has 9 nitrogen and oxygen atoms in total. The van der Waals surface area contributed by atoms with Crippen LogP contribution in [0.25, 0.3) is 11.3 Å². The van der Waals surface area contributed by atoms with Gasteiger partial charge in [0.1, 0.15) is 0 Å².